The Labute approximate surface area is 174 Å². The van der Waals surface area contributed by atoms with Crippen molar-refractivity contribution in [3.8, 4) is 6.07 Å². The molecule has 1 heterocycles. The Balaban J connectivity index is 1.79. The maximum atomic E-state index is 12.8. The van der Waals surface area contributed by atoms with Crippen LogP contribution in [0.2, 0.25) is 10.0 Å². The van der Waals surface area contributed by atoms with Crippen molar-refractivity contribution in [2.75, 3.05) is 33.3 Å². The van der Waals surface area contributed by atoms with Crippen LogP contribution >= 0.6 is 23.2 Å². The zero-order valence-electron chi connectivity index (χ0n) is 15.5. The minimum Gasteiger partial charge on any atom is -0.372 e. The summed E-state index contributed by atoms with van der Waals surface area (Å²) >= 11 is 12.2. The summed E-state index contributed by atoms with van der Waals surface area (Å²) in [6.07, 6.45) is -0.203. The molecule has 2 aromatic carbocycles. The lowest BCUT2D eigenvalue weighted by atomic mass is 9.94. The molecule has 1 aliphatic heterocycles. The van der Waals surface area contributed by atoms with Crippen molar-refractivity contribution in [1.82, 2.24) is 10.2 Å². The molecule has 0 spiro atoms. The van der Waals surface area contributed by atoms with E-state index in [4.69, 9.17) is 33.2 Å². The highest BCUT2D eigenvalue weighted by atomic mass is 35.5. The summed E-state index contributed by atoms with van der Waals surface area (Å²) in [7, 11) is 1.76. The number of nitrogens with zero attached hydrogens (tertiary/aromatic N) is 2. The molecule has 2 aromatic rings. The normalized spacial score (nSPS) is 19.5. The highest BCUT2D eigenvalue weighted by Crippen LogP contribution is 2.32. The Kier molecular flexibility index (Phi) is 6.93. The summed E-state index contributed by atoms with van der Waals surface area (Å²) < 4.78 is 6.07. The van der Waals surface area contributed by atoms with Crippen LogP contribution in [-0.2, 0) is 4.74 Å². The number of carbonyl (C=O) groups is 1. The van der Waals surface area contributed by atoms with Crippen molar-refractivity contribution in [2.24, 2.45) is 5.92 Å². The molecule has 7 heteroatoms. The van der Waals surface area contributed by atoms with Gasteiger partial charge in [-0.3, -0.25) is 4.79 Å². The molecule has 1 fully saturated rings. The second-order valence-corrected chi connectivity index (χ2v) is 7.62. The number of halogens is 2. The fraction of sp³-hybridized carbons (Fsp3) is 0.333. The highest BCUT2D eigenvalue weighted by molar-refractivity contribution is 6.42. The van der Waals surface area contributed by atoms with E-state index in [-0.39, 0.29) is 17.9 Å². The average Bonchev–Trinajstić information content (AvgIpc) is 2.95. The first-order valence-corrected chi connectivity index (χ1v) is 9.78. The smallest absolute Gasteiger partial charge is 0.253 e. The fourth-order valence-electron chi connectivity index (χ4n) is 3.38. The molecule has 28 heavy (non-hydrogen) atoms. The highest BCUT2D eigenvalue weighted by Gasteiger charge is 2.29. The Bertz CT molecular complexity index is 897. The lowest BCUT2D eigenvalue weighted by molar-refractivity contribution is 0.0205. The standard InChI is InChI=1S/C21H21Cl2N3O2/c1-26(21(27)16-4-2-3-14(9-16)11-24)13-17-12-25-7-8-28-20(17)15-5-6-18(22)19(23)10-15/h2-6,9-10,17,20,25H,7-8,12-13H2,1H3/t17-,20-/m0/s1. The Morgan fingerprint density at radius 3 is 2.86 bits per heavy atom. The van der Waals surface area contributed by atoms with Crippen LogP contribution in [0.15, 0.2) is 42.5 Å². The number of rotatable bonds is 4. The largest absolute Gasteiger partial charge is 0.372 e. The zero-order valence-corrected chi connectivity index (χ0v) is 17.0. The SMILES string of the molecule is CN(C[C@@H]1CNCCO[C@H]1c1ccc(Cl)c(Cl)c1)C(=O)c1cccc(C#N)c1. The molecular weight excluding hydrogens is 397 g/mol. The van der Waals surface area contributed by atoms with E-state index < -0.39 is 0 Å². The monoisotopic (exact) mass is 417 g/mol. The minimum atomic E-state index is -0.203. The molecule has 2 atom stereocenters. The van der Waals surface area contributed by atoms with Crippen molar-refractivity contribution >= 4 is 29.1 Å². The molecule has 0 radical (unpaired) electrons. The molecule has 0 bridgehead atoms. The van der Waals surface area contributed by atoms with E-state index in [0.717, 1.165) is 12.1 Å². The molecule has 0 saturated carbocycles. The van der Waals surface area contributed by atoms with Crippen LogP contribution in [0.3, 0.4) is 0 Å². The third kappa shape index (κ3) is 4.84. The van der Waals surface area contributed by atoms with Gasteiger partial charge in [0.25, 0.3) is 5.91 Å². The van der Waals surface area contributed by atoms with Gasteiger partial charge < -0.3 is 15.0 Å². The topological polar surface area (TPSA) is 65.4 Å². The molecule has 1 saturated heterocycles. The predicted octanol–water partition coefficient (Wildman–Crippen LogP) is 3.91. The van der Waals surface area contributed by atoms with Gasteiger partial charge in [-0.15, -0.1) is 0 Å². The second-order valence-electron chi connectivity index (χ2n) is 6.81. The van der Waals surface area contributed by atoms with Gasteiger partial charge in [0.1, 0.15) is 0 Å². The van der Waals surface area contributed by atoms with Gasteiger partial charge >= 0.3 is 0 Å². The molecule has 5 nitrogen and oxygen atoms in total. The van der Waals surface area contributed by atoms with Crippen LogP contribution in [-0.4, -0.2) is 44.1 Å². The number of hydrogen-bond acceptors (Lipinski definition) is 4. The van der Waals surface area contributed by atoms with E-state index in [0.29, 0.717) is 40.9 Å². The van der Waals surface area contributed by atoms with Gasteiger partial charge in [-0.1, -0.05) is 35.3 Å². The summed E-state index contributed by atoms with van der Waals surface area (Å²) in [6.45, 7) is 2.52. The summed E-state index contributed by atoms with van der Waals surface area (Å²) in [4.78, 5) is 14.5. The van der Waals surface area contributed by atoms with E-state index in [1.54, 1.807) is 42.3 Å². The Morgan fingerprint density at radius 1 is 1.29 bits per heavy atom. The van der Waals surface area contributed by atoms with Gasteiger partial charge in [-0.2, -0.15) is 5.26 Å². The predicted molar refractivity (Wildman–Crippen MR) is 110 cm³/mol. The zero-order chi connectivity index (χ0) is 20.1. The first-order chi connectivity index (χ1) is 13.5. The van der Waals surface area contributed by atoms with Gasteiger partial charge in [0.05, 0.1) is 34.4 Å². The van der Waals surface area contributed by atoms with Crippen LogP contribution in [0.1, 0.15) is 27.6 Å². The third-order valence-electron chi connectivity index (χ3n) is 4.78. The van der Waals surface area contributed by atoms with Crippen LogP contribution < -0.4 is 5.32 Å². The minimum absolute atomic E-state index is 0.0350. The number of nitrogens with one attached hydrogen (secondary N) is 1. The van der Waals surface area contributed by atoms with Gasteiger partial charge in [-0.25, -0.2) is 0 Å². The van der Waals surface area contributed by atoms with Crippen molar-refractivity contribution in [1.29, 1.82) is 5.26 Å². The Morgan fingerprint density at radius 2 is 2.11 bits per heavy atom. The van der Waals surface area contributed by atoms with Crippen molar-refractivity contribution in [3.05, 3.63) is 69.2 Å². The van der Waals surface area contributed by atoms with Crippen molar-refractivity contribution in [2.45, 2.75) is 6.10 Å². The molecule has 1 aliphatic rings. The van der Waals surface area contributed by atoms with E-state index in [1.165, 1.54) is 0 Å². The first-order valence-electron chi connectivity index (χ1n) is 9.02. The number of ether oxygens (including phenoxy) is 1. The summed E-state index contributed by atoms with van der Waals surface area (Å²) in [5.74, 6) is -0.0953. The van der Waals surface area contributed by atoms with Gasteiger partial charge in [-0.05, 0) is 35.9 Å². The average molecular weight is 418 g/mol. The third-order valence-corrected chi connectivity index (χ3v) is 5.52. The number of amides is 1. The summed E-state index contributed by atoms with van der Waals surface area (Å²) in [5, 5.41) is 13.4. The second kappa shape index (κ2) is 9.40. The van der Waals surface area contributed by atoms with Crippen LogP contribution in [0.5, 0.6) is 0 Å². The Hall–Kier alpha value is -2.10. The van der Waals surface area contributed by atoms with Crippen LogP contribution in [0.25, 0.3) is 0 Å². The van der Waals surface area contributed by atoms with E-state index in [9.17, 15) is 4.79 Å². The number of carbonyl (C=O) groups excluding carboxylic acids is 1. The molecule has 3 rings (SSSR count). The number of hydrogen-bond donors (Lipinski definition) is 1. The van der Waals surface area contributed by atoms with Crippen molar-refractivity contribution < 1.29 is 9.53 Å². The number of benzene rings is 2. The van der Waals surface area contributed by atoms with E-state index >= 15 is 0 Å². The molecule has 1 amide bonds. The van der Waals surface area contributed by atoms with Crippen LogP contribution in [0.4, 0.5) is 0 Å². The van der Waals surface area contributed by atoms with Gasteiger partial charge in [0, 0.05) is 38.2 Å². The summed E-state index contributed by atoms with van der Waals surface area (Å²) in [6, 6.07) is 14.3. The molecule has 0 aromatic heterocycles. The first kappa shape index (κ1) is 20.6. The number of nitriles is 1. The maximum absolute atomic E-state index is 12.8. The van der Waals surface area contributed by atoms with Gasteiger partial charge in [0.15, 0.2) is 0 Å². The fourth-order valence-corrected chi connectivity index (χ4v) is 3.69. The molecule has 0 unspecified atom stereocenters. The van der Waals surface area contributed by atoms with Crippen LogP contribution in [0, 0.1) is 17.2 Å². The molecule has 1 N–H and O–H groups in total. The lowest BCUT2D eigenvalue weighted by Crippen LogP contribution is -2.38. The quantitative estimate of drug-likeness (QED) is 0.818. The van der Waals surface area contributed by atoms with E-state index in [2.05, 4.69) is 11.4 Å². The van der Waals surface area contributed by atoms with E-state index in [1.807, 2.05) is 12.1 Å². The molecule has 146 valence electrons. The molecule has 0 aliphatic carbocycles. The van der Waals surface area contributed by atoms with Crippen molar-refractivity contribution in [3.63, 3.8) is 0 Å². The van der Waals surface area contributed by atoms with Gasteiger partial charge in [0.2, 0.25) is 0 Å². The molecular formula is C21H21Cl2N3O2. The maximum Gasteiger partial charge on any atom is 0.253 e. The summed E-state index contributed by atoms with van der Waals surface area (Å²) in [5.41, 5.74) is 1.90. The lowest BCUT2D eigenvalue weighted by Gasteiger charge is -2.29.